The Hall–Kier alpha value is -3.27. The number of benzene rings is 2. The highest BCUT2D eigenvalue weighted by molar-refractivity contribution is 5.70. The van der Waals surface area contributed by atoms with Crippen molar-refractivity contribution in [2.24, 2.45) is 0 Å². The minimum absolute atomic E-state index is 0.531. The molecule has 3 aromatic rings. The monoisotopic (exact) mass is 372 g/mol. The number of nitrogens with two attached hydrogens (primary N) is 1. The van der Waals surface area contributed by atoms with Crippen LogP contribution in [0.25, 0.3) is 16.8 Å². The van der Waals surface area contributed by atoms with Gasteiger partial charge in [0.25, 0.3) is 0 Å². The van der Waals surface area contributed by atoms with Crippen molar-refractivity contribution in [1.29, 1.82) is 0 Å². The van der Waals surface area contributed by atoms with Crippen LogP contribution < -0.4 is 16.0 Å². The fraction of sp³-hybridized carbons (Fsp3) is 0.208. The third-order valence-corrected chi connectivity index (χ3v) is 4.79. The van der Waals surface area contributed by atoms with Gasteiger partial charge in [-0.15, -0.1) is 0 Å². The van der Waals surface area contributed by atoms with Crippen LogP contribution in [0, 0.1) is 0 Å². The van der Waals surface area contributed by atoms with Gasteiger partial charge in [0, 0.05) is 37.7 Å². The molecule has 0 aliphatic rings. The van der Waals surface area contributed by atoms with Crippen LogP contribution in [0.15, 0.2) is 73.4 Å². The summed E-state index contributed by atoms with van der Waals surface area (Å²) in [4.78, 5) is 6.38. The summed E-state index contributed by atoms with van der Waals surface area (Å²) in [6.07, 6.45) is 2.92. The lowest BCUT2D eigenvalue weighted by atomic mass is 10.0. The van der Waals surface area contributed by atoms with Crippen LogP contribution in [-0.2, 0) is 6.54 Å². The van der Waals surface area contributed by atoms with Crippen LogP contribution in [0.4, 0.5) is 11.5 Å². The summed E-state index contributed by atoms with van der Waals surface area (Å²) >= 11 is 0. The molecule has 144 valence electrons. The lowest BCUT2D eigenvalue weighted by Gasteiger charge is -2.18. The van der Waals surface area contributed by atoms with Gasteiger partial charge in [0.1, 0.15) is 5.82 Å². The Morgan fingerprint density at radius 2 is 1.64 bits per heavy atom. The van der Waals surface area contributed by atoms with Gasteiger partial charge in [0.05, 0.1) is 0 Å². The second-order valence-corrected chi connectivity index (χ2v) is 6.97. The largest absolute Gasteiger partial charge is 0.384 e. The van der Waals surface area contributed by atoms with Gasteiger partial charge in [0.2, 0.25) is 0 Å². The van der Waals surface area contributed by atoms with E-state index in [0.29, 0.717) is 12.4 Å². The van der Waals surface area contributed by atoms with E-state index in [1.54, 1.807) is 12.3 Å². The van der Waals surface area contributed by atoms with E-state index in [-0.39, 0.29) is 0 Å². The Balaban J connectivity index is 1.62. The van der Waals surface area contributed by atoms with E-state index in [9.17, 15) is 0 Å². The van der Waals surface area contributed by atoms with Gasteiger partial charge in [-0.05, 0) is 46.9 Å². The van der Waals surface area contributed by atoms with Gasteiger partial charge in [-0.2, -0.15) is 0 Å². The van der Waals surface area contributed by atoms with Crippen molar-refractivity contribution in [3.63, 3.8) is 0 Å². The molecule has 0 saturated carbocycles. The number of rotatable bonds is 8. The zero-order chi connectivity index (χ0) is 19.9. The zero-order valence-electron chi connectivity index (χ0n) is 16.7. The fourth-order valence-corrected chi connectivity index (χ4v) is 3.09. The summed E-state index contributed by atoms with van der Waals surface area (Å²) in [6.45, 7) is 8.08. The molecule has 28 heavy (non-hydrogen) atoms. The second kappa shape index (κ2) is 9.09. The Bertz CT molecular complexity index is 897. The maximum absolute atomic E-state index is 5.62. The molecule has 0 bridgehead atoms. The molecule has 0 aliphatic heterocycles. The van der Waals surface area contributed by atoms with E-state index in [4.69, 9.17) is 5.73 Å². The highest BCUT2D eigenvalue weighted by atomic mass is 15.1. The Morgan fingerprint density at radius 3 is 2.21 bits per heavy atom. The molecule has 0 aliphatic carbocycles. The summed E-state index contributed by atoms with van der Waals surface area (Å²) in [5.41, 5.74) is 12.3. The Morgan fingerprint density at radius 1 is 1.00 bits per heavy atom. The van der Waals surface area contributed by atoms with Gasteiger partial charge in [-0.25, -0.2) is 4.98 Å². The summed E-state index contributed by atoms with van der Waals surface area (Å²) in [5.74, 6) is 0.531. The number of aromatic nitrogens is 1. The number of pyridine rings is 1. The molecule has 0 amide bonds. The molecule has 2 aromatic carbocycles. The van der Waals surface area contributed by atoms with Crippen LogP contribution >= 0.6 is 0 Å². The van der Waals surface area contributed by atoms with E-state index in [0.717, 1.165) is 29.8 Å². The van der Waals surface area contributed by atoms with Gasteiger partial charge in [0.15, 0.2) is 0 Å². The molecule has 1 aromatic heterocycles. The van der Waals surface area contributed by atoms with Gasteiger partial charge >= 0.3 is 0 Å². The molecular weight excluding hydrogens is 344 g/mol. The number of anilines is 2. The Kier molecular flexibility index (Phi) is 6.33. The van der Waals surface area contributed by atoms with Gasteiger partial charge in [-0.3, -0.25) is 0 Å². The van der Waals surface area contributed by atoms with Crippen molar-refractivity contribution in [3.8, 4) is 11.1 Å². The highest BCUT2D eigenvalue weighted by Crippen LogP contribution is 2.24. The molecule has 4 heteroatoms. The van der Waals surface area contributed by atoms with Crippen LogP contribution in [-0.4, -0.2) is 18.6 Å². The van der Waals surface area contributed by atoms with Gasteiger partial charge in [-0.1, -0.05) is 56.0 Å². The SMILES string of the molecule is C=C(NCc1ccc(N)nc1)c1ccc(-c2ccc(N(C)CCC)cc2)cc1. The molecular formula is C24H28N4. The van der Waals surface area contributed by atoms with Crippen LogP contribution in [0.1, 0.15) is 24.5 Å². The van der Waals surface area contributed by atoms with Crippen molar-refractivity contribution in [1.82, 2.24) is 10.3 Å². The third-order valence-electron chi connectivity index (χ3n) is 4.79. The number of hydrogen-bond acceptors (Lipinski definition) is 4. The summed E-state index contributed by atoms with van der Waals surface area (Å²) in [7, 11) is 2.13. The molecule has 3 N–H and O–H groups in total. The first kappa shape index (κ1) is 19.5. The maximum Gasteiger partial charge on any atom is 0.123 e. The molecule has 0 radical (unpaired) electrons. The summed E-state index contributed by atoms with van der Waals surface area (Å²) in [6, 6.07) is 21.0. The molecule has 1 heterocycles. The van der Waals surface area contributed by atoms with E-state index in [2.05, 4.69) is 84.3 Å². The van der Waals surface area contributed by atoms with Crippen molar-refractivity contribution in [2.45, 2.75) is 19.9 Å². The van der Waals surface area contributed by atoms with Crippen LogP contribution in [0.2, 0.25) is 0 Å². The molecule has 0 atom stereocenters. The molecule has 0 unspecified atom stereocenters. The topological polar surface area (TPSA) is 54.2 Å². The van der Waals surface area contributed by atoms with Crippen LogP contribution in [0.5, 0.6) is 0 Å². The quantitative estimate of drug-likeness (QED) is 0.588. The van der Waals surface area contributed by atoms with E-state index in [1.165, 1.54) is 16.8 Å². The van der Waals surface area contributed by atoms with Gasteiger partial charge < -0.3 is 16.0 Å². The normalized spacial score (nSPS) is 10.5. The molecule has 3 rings (SSSR count). The standard InChI is InChI=1S/C24H28N4/c1-4-15-28(3)23-12-10-22(11-13-23)21-8-6-20(7-9-21)18(2)26-16-19-5-14-24(25)27-17-19/h5-14,17,26H,2,4,15-16H2,1,3H3,(H2,25,27). The number of nitrogens with zero attached hydrogens (tertiary/aromatic N) is 2. The molecule has 0 saturated heterocycles. The highest BCUT2D eigenvalue weighted by Gasteiger charge is 2.04. The van der Waals surface area contributed by atoms with E-state index < -0.39 is 0 Å². The third kappa shape index (κ3) is 4.92. The molecule has 0 spiro atoms. The first-order valence-corrected chi connectivity index (χ1v) is 9.62. The number of hydrogen-bond donors (Lipinski definition) is 2. The van der Waals surface area contributed by atoms with Crippen molar-refractivity contribution < 1.29 is 0 Å². The van der Waals surface area contributed by atoms with Crippen molar-refractivity contribution in [2.75, 3.05) is 24.2 Å². The average molecular weight is 373 g/mol. The number of nitrogen functional groups attached to an aromatic ring is 1. The smallest absolute Gasteiger partial charge is 0.123 e. The average Bonchev–Trinajstić information content (AvgIpc) is 2.73. The first-order chi connectivity index (χ1) is 13.6. The Labute approximate surface area is 167 Å². The van der Waals surface area contributed by atoms with Crippen molar-refractivity contribution >= 4 is 17.2 Å². The van der Waals surface area contributed by atoms with Crippen molar-refractivity contribution in [3.05, 3.63) is 84.6 Å². The van der Waals surface area contributed by atoms with E-state index in [1.807, 2.05) is 6.07 Å². The molecule has 4 nitrogen and oxygen atoms in total. The van der Waals surface area contributed by atoms with E-state index >= 15 is 0 Å². The second-order valence-electron chi connectivity index (χ2n) is 6.97. The summed E-state index contributed by atoms with van der Waals surface area (Å²) in [5, 5.41) is 3.34. The van der Waals surface area contributed by atoms with Crippen LogP contribution in [0.3, 0.4) is 0 Å². The number of nitrogens with one attached hydrogen (secondary N) is 1. The molecule has 0 fully saturated rings. The fourth-order valence-electron chi connectivity index (χ4n) is 3.09. The minimum Gasteiger partial charge on any atom is -0.384 e. The lowest BCUT2D eigenvalue weighted by Crippen LogP contribution is -2.17. The minimum atomic E-state index is 0.531. The predicted octanol–water partition coefficient (Wildman–Crippen LogP) is 4.94. The summed E-state index contributed by atoms with van der Waals surface area (Å²) < 4.78 is 0. The zero-order valence-corrected chi connectivity index (χ0v) is 16.7. The predicted molar refractivity (Wildman–Crippen MR) is 120 cm³/mol. The lowest BCUT2D eigenvalue weighted by molar-refractivity contribution is 0.852. The maximum atomic E-state index is 5.62. The first-order valence-electron chi connectivity index (χ1n) is 9.62.